The van der Waals surface area contributed by atoms with Gasteiger partial charge in [-0.3, -0.25) is 0 Å². The number of halogens is 1. The Kier molecular flexibility index (Phi) is 5.00. The second-order valence-corrected chi connectivity index (χ2v) is 5.51. The molecule has 2 nitrogen and oxygen atoms in total. The molecular weight excluding hydrogens is 278 g/mol. The minimum atomic E-state index is 0.637. The highest BCUT2D eigenvalue weighted by Crippen LogP contribution is 2.30. The predicted octanol–water partition coefficient (Wildman–Crippen LogP) is 4.61. The van der Waals surface area contributed by atoms with E-state index in [1.165, 1.54) is 0 Å². The first kappa shape index (κ1) is 14.1. The van der Waals surface area contributed by atoms with Crippen molar-refractivity contribution in [2.24, 2.45) is 0 Å². The number of hydrogen-bond donors (Lipinski definition) is 1. The minimum Gasteiger partial charge on any atom is -0.494 e. The summed E-state index contributed by atoms with van der Waals surface area (Å²) in [5, 5.41) is 0.795. The molecule has 2 N–H and O–H groups in total. The van der Waals surface area contributed by atoms with Crippen LogP contribution in [0.4, 0.5) is 5.69 Å². The largest absolute Gasteiger partial charge is 0.494 e. The Morgan fingerprint density at radius 2 is 2.00 bits per heavy atom. The van der Waals surface area contributed by atoms with Crippen molar-refractivity contribution in [3.8, 4) is 5.75 Å². The maximum atomic E-state index is 6.14. The summed E-state index contributed by atoms with van der Waals surface area (Å²) in [6.45, 7) is 2.60. The number of nitrogens with two attached hydrogens (primary N) is 1. The highest BCUT2D eigenvalue weighted by atomic mass is 35.5. The van der Waals surface area contributed by atoms with E-state index in [0.29, 0.717) is 12.3 Å². The first-order valence-electron chi connectivity index (χ1n) is 6.08. The molecule has 0 atom stereocenters. The van der Waals surface area contributed by atoms with Gasteiger partial charge in [-0.25, -0.2) is 0 Å². The zero-order valence-electron chi connectivity index (χ0n) is 10.7. The number of thioether (sulfide) groups is 1. The van der Waals surface area contributed by atoms with Crippen LogP contribution in [0, 0.1) is 0 Å². The molecule has 2 aromatic rings. The van der Waals surface area contributed by atoms with Crippen LogP contribution in [0.2, 0.25) is 5.02 Å². The molecule has 0 fully saturated rings. The van der Waals surface area contributed by atoms with Gasteiger partial charge < -0.3 is 10.5 Å². The van der Waals surface area contributed by atoms with Crippen LogP contribution < -0.4 is 10.5 Å². The molecule has 2 aromatic carbocycles. The smallest absolute Gasteiger partial charge is 0.122 e. The highest BCUT2D eigenvalue weighted by Gasteiger charge is 2.03. The van der Waals surface area contributed by atoms with Crippen LogP contribution in [0.1, 0.15) is 12.5 Å². The molecule has 0 aliphatic rings. The number of ether oxygens (including phenoxy) is 1. The fourth-order valence-electron chi connectivity index (χ4n) is 1.70. The Morgan fingerprint density at radius 1 is 1.21 bits per heavy atom. The molecule has 0 radical (unpaired) electrons. The summed E-state index contributed by atoms with van der Waals surface area (Å²) in [6.07, 6.45) is 0. The van der Waals surface area contributed by atoms with Gasteiger partial charge in [-0.05, 0) is 30.7 Å². The second-order valence-electron chi connectivity index (χ2n) is 4.05. The van der Waals surface area contributed by atoms with Gasteiger partial charge in [0.05, 0.1) is 6.61 Å². The maximum Gasteiger partial charge on any atom is 0.122 e. The molecule has 0 aliphatic carbocycles. The number of anilines is 1. The monoisotopic (exact) mass is 293 g/mol. The number of hydrogen-bond acceptors (Lipinski definition) is 3. The third kappa shape index (κ3) is 4.08. The standard InChI is InChI=1S/C15H16ClNOS/c1-2-18-13-7-12(17)8-14(9-13)19-10-11-5-3-4-6-15(11)16/h3-9H,2,10,17H2,1H3. The van der Waals surface area contributed by atoms with Crippen LogP contribution in [-0.2, 0) is 5.75 Å². The van der Waals surface area contributed by atoms with Crippen molar-refractivity contribution >= 4 is 29.1 Å². The van der Waals surface area contributed by atoms with Gasteiger partial charge in [0, 0.05) is 27.4 Å². The van der Waals surface area contributed by atoms with Gasteiger partial charge >= 0.3 is 0 Å². The molecule has 0 saturated heterocycles. The van der Waals surface area contributed by atoms with E-state index in [0.717, 1.165) is 27.0 Å². The fourth-order valence-corrected chi connectivity index (χ4v) is 2.98. The SMILES string of the molecule is CCOc1cc(N)cc(SCc2ccccc2Cl)c1. The molecular formula is C15H16ClNOS. The van der Waals surface area contributed by atoms with Crippen LogP contribution in [0.5, 0.6) is 5.75 Å². The van der Waals surface area contributed by atoms with E-state index >= 15 is 0 Å². The number of benzene rings is 2. The van der Waals surface area contributed by atoms with Gasteiger partial charge in [0.15, 0.2) is 0 Å². The summed E-state index contributed by atoms with van der Waals surface area (Å²) in [5.74, 6) is 1.62. The fraction of sp³-hybridized carbons (Fsp3) is 0.200. The first-order chi connectivity index (χ1) is 9.19. The molecule has 0 saturated carbocycles. The number of rotatable bonds is 5. The van der Waals surface area contributed by atoms with E-state index in [-0.39, 0.29) is 0 Å². The lowest BCUT2D eigenvalue weighted by Crippen LogP contribution is -1.94. The van der Waals surface area contributed by atoms with E-state index in [1.54, 1.807) is 11.8 Å². The Bertz CT molecular complexity index is 560. The third-order valence-corrected chi connectivity index (χ3v) is 3.96. The number of nitrogen functional groups attached to an aromatic ring is 1. The average molecular weight is 294 g/mol. The van der Waals surface area contributed by atoms with E-state index in [1.807, 2.05) is 49.4 Å². The normalized spacial score (nSPS) is 10.4. The lowest BCUT2D eigenvalue weighted by atomic mass is 10.2. The average Bonchev–Trinajstić information content (AvgIpc) is 2.37. The van der Waals surface area contributed by atoms with Crippen molar-refractivity contribution in [3.63, 3.8) is 0 Å². The van der Waals surface area contributed by atoms with Gasteiger partial charge in [0.1, 0.15) is 5.75 Å². The molecule has 0 amide bonds. The van der Waals surface area contributed by atoms with Crippen LogP contribution in [0.25, 0.3) is 0 Å². The zero-order valence-corrected chi connectivity index (χ0v) is 12.3. The van der Waals surface area contributed by atoms with Crippen LogP contribution in [-0.4, -0.2) is 6.61 Å². The summed E-state index contributed by atoms with van der Waals surface area (Å²) in [5.41, 5.74) is 7.70. The molecule has 0 aromatic heterocycles. The van der Waals surface area contributed by atoms with Gasteiger partial charge in [-0.15, -0.1) is 11.8 Å². The van der Waals surface area contributed by atoms with Crippen LogP contribution >= 0.6 is 23.4 Å². The summed E-state index contributed by atoms with van der Waals surface area (Å²) in [6, 6.07) is 13.7. The van der Waals surface area contributed by atoms with Crippen LogP contribution in [0.15, 0.2) is 47.4 Å². The van der Waals surface area contributed by atoms with Crippen molar-refractivity contribution in [3.05, 3.63) is 53.1 Å². The van der Waals surface area contributed by atoms with E-state index < -0.39 is 0 Å². The molecule has 0 spiro atoms. The second kappa shape index (κ2) is 6.73. The lowest BCUT2D eigenvalue weighted by Gasteiger charge is -2.08. The molecule has 0 heterocycles. The third-order valence-electron chi connectivity index (χ3n) is 2.57. The summed E-state index contributed by atoms with van der Waals surface area (Å²) >= 11 is 7.84. The Hall–Kier alpha value is -1.32. The quantitative estimate of drug-likeness (QED) is 0.646. The molecule has 100 valence electrons. The summed E-state index contributed by atoms with van der Waals surface area (Å²) in [4.78, 5) is 1.09. The Morgan fingerprint density at radius 3 is 2.74 bits per heavy atom. The van der Waals surface area contributed by atoms with Crippen molar-refractivity contribution in [1.29, 1.82) is 0 Å². The molecule has 0 unspecified atom stereocenters. The highest BCUT2D eigenvalue weighted by molar-refractivity contribution is 7.98. The molecule has 2 rings (SSSR count). The van der Waals surface area contributed by atoms with Gasteiger partial charge in [-0.1, -0.05) is 29.8 Å². The Labute approximate surface area is 122 Å². The van der Waals surface area contributed by atoms with Crippen molar-refractivity contribution in [2.75, 3.05) is 12.3 Å². The van der Waals surface area contributed by atoms with Crippen molar-refractivity contribution < 1.29 is 4.74 Å². The van der Waals surface area contributed by atoms with Gasteiger partial charge in [0.2, 0.25) is 0 Å². The Balaban J connectivity index is 2.09. The van der Waals surface area contributed by atoms with Crippen LogP contribution in [0.3, 0.4) is 0 Å². The molecule has 4 heteroatoms. The summed E-state index contributed by atoms with van der Waals surface area (Å²) in [7, 11) is 0. The maximum absolute atomic E-state index is 6.14. The topological polar surface area (TPSA) is 35.2 Å². The van der Waals surface area contributed by atoms with E-state index in [9.17, 15) is 0 Å². The summed E-state index contributed by atoms with van der Waals surface area (Å²) < 4.78 is 5.48. The molecule has 19 heavy (non-hydrogen) atoms. The van der Waals surface area contributed by atoms with Gasteiger partial charge in [0.25, 0.3) is 0 Å². The lowest BCUT2D eigenvalue weighted by molar-refractivity contribution is 0.339. The van der Waals surface area contributed by atoms with Crippen molar-refractivity contribution in [2.45, 2.75) is 17.6 Å². The first-order valence-corrected chi connectivity index (χ1v) is 7.45. The molecule has 0 bridgehead atoms. The minimum absolute atomic E-state index is 0.637. The van der Waals surface area contributed by atoms with E-state index in [4.69, 9.17) is 22.1 Å². The molecule has 0 aliphatic heterocycles. The predicted molar refractivity (Wildman–Crippen MR) is 83.0 cm³/mol. The van der Waals surface area contributed by atoms with E-state index in [2.05, 4.69) is 0 Å². The zero-order chi connectivity index (χ0) is 13.7. The van der Waals surface area contributed by atoms with Crippen molar-refractivity contribution in [1.82, 2.24) is 0 Å². The van der Waals surface area contributed by atoms with Gasteiger partial charge in [-0.2, -0.15) is 0 Å².